The third-order valence-electron chi connectivity index (χ3n) is 5.41. The molecule has 2 unspecified atom stereocenters. The van der Waals surface area contributed by atoms with Crippen molar-refractivity contribution in [3.8, 4) is 5.75 Å². The van der Waals surface area contributed by atoms with E-state index >= 15 is 0 Å². The van der Waals surface area contributed by atoms with Crippen molar-refractivity contribution in [2.24, 2.45) is 5.92 Å². The van der Waals surface area contributed by atoms with Gasteiger partial charge in [0.2, 0.25) is 0 Å². The highest BCUT2D eigenvalue weighted by Crippen LogP contribution is 2.35. The molecule has 7 heteroatoms. The molecule has 2 aliphatic rings. The van der Waals surface area contributed by atoms with Crippen molar-refractivity contribution in [1.29, 1.82) is 0 Å². The molecule has 160 valence electrons. The third kappa shape index (κ3) is 5.85. The van der Waals surface area contributed by atoms with Gasteiger partial charge in [-0.05, 0) is 51.3 Å². The number of carboxylic acid groups (broad SMARTS) is 1. The molecular formula is C22H31NO6. The lowest BCUT2D eigenvalue weighted by atomic mass is 9.89. The maximum atomic E-state index is 12.4. The molecule has 1 amide bonds. The molecule has 7 nitrogen and oxygen atoms in total. The lowest BCUT2D eigenvalue weighted by Gasteiger charge is -2.24. The highest BCUT2D eigenvalue weighted by atomic mass is 16.7. The minimum atomic E-state index is -0.919. The Morgan fingerprint density at radius 3 is 2.55 bits per heavy atom. The summed E-state index contributed by atoms with van der Waals surface area (Å²) in [6.07, 6.45) is 4.34. The Hall–Kier alpha value is -2.28. The van der Waals surface area contributed by atoms with Crippen molar-refractivity contribution in [2.75, 3.05) is 19.9 Å². The molecule has 2 fully saturated rings. The zero-order chi connectivity index (χ0) is 21.0. The molecule has 0 spiro atoms. The highest BCUT2D eigenvalue weighted by molar-refractivity contribution is 5.76. The number of aliphatic carboxylic acids is 1. The Labute approximate surface area is 171 Å². The van der Waals surface area contributed by atoms with E-state index in [9.17, 15) is 14.7 Å². The second-order valence-corrected chi connectivity index (χ2v) is 8.84. The normalized spacial score (nSPS) is 22.7. The topological polar surface area (TPSA) is 85.3 Å². The van der Waals surface area contributed by atoms with Crippen molar-refractivity contribution in [3.63, 3.8) is 0 Å². The fraction of sp³-hybridized carbons (Fsp3) is 0.636. The van der Waals surface area contributed by atoms with E-state index in [4.69, 9.17) is 14.2 Å². The maximum Gasteiger partial charge on any atom is 0.410 e. The second kappa shape index (κ2) is 9.03. The number of nitrogens with zero attached hydrogens (tertiary/aromatic N) is 1. The molecule has 0 radical (unpaired) electrons. The number of rotatable bonds is 6. The van der Waals surface area contributed by atoms with Crippen LogP contribution >= 0.6 is 0 Å². The molecule has 1 saturated heterocycles. The lowest BCUT2D eigenvalue weighted by molar-refractivity contribution is -0.141. The van der Waals surface area contributed by atoms with Crippen molar-refractivity contribution >= 4 is 12.1 Å². The number of hydrogen-bond donors (Lipinski definition) is 1. The predicted octanol–water partition coefficient (Wildman–Crippen LogP) is 4.02. The summed E-state index contributed by atoms with van der Waals surface area (Å²) in [6.45, 7) is 5.99. The minimum absolute atomic E-state index is 0.130. The van der Waals surface area contributed by atoms with E-state index < -0.39 is 23.6 Å². The summed E-state index contributed by atoms with van der Waals surface area (Å²) in [5.41, 5.74) is 0.211. The first kappa shape index (κ1) is 21.4. The van der Waals surface area contributed by atoms with E-state index in [0.29, 0.717) is 12.3 Å². The number of carbonyl (C=O) groups excluding carboxylic acids is 1. The molecule has 1 aromatic carbocycles. The van der Waals surface area contributed by atoms with Crippen molar-refractivity contribution in [1.82, 2.24) is 4.90 Å². The van der Waals surface area contributed by atoms with Gasteiger partial charge in [0.1, 0.15) is 11.4 Å². The van der Waals surface area contributed by atoms with Crippen LogP contribution < -0.4 is 4.74 Å². The summed E-state index contributed by atoms with van der Waals surface area (Å²) in [6, 6.07) is 7.40. The molecule has 1 N–H and O–H groups in total. The van der Waals surface area contributed by atoms with Crippen LogP contribution in [0.5, 0.6) is 5.75 Å². The van der Waals surface area contributed by atoms with Gasteiger partial charge in [-0.25, -0.2) is 4.79 Å². The Kier molecular flexibility index (Phi) is 6.67. The van der Waals surface area contributed by atoms with Crippen LogP contribution in [0.1, 0.15) is 57.9 Å². The summed E-state index contributed by atoms with van der Waals surface area (Å²) < 4.78 is 16.9. The van der Waals surface area contributed by atoms with Crippen LogP contribution in [0.4, 0.5) is 4.79 Å². The first-order chi connectivity index (χ1) is 13.7. The number of hydrogen-bond acceptors (Lipinski definition) is 5. The van der Waals surface area contributed by atoms with E-state index in [2.05, 4.69) is 0 Å². The fourth-order valence-electron chi connectivity index (χ4n) is 3.96. The zero-order valence-electron chi connectivity index (χ0n) is 17.4. The number of ether oxygens (including phenoxy) is 3. The molecule has 1 aromatic rings. The molecule has 0 bridgehead atoms. The third-order valence-corrected chi connectivity index (χ3v) is 5.41. The van der Waals surface area contributed by atoms with E-state index in [1.807, 2.05) is 24.3 Å². The zero-order valence-corrected chi connectivity index (χ0v) is 17.4. The number of amides is 1. The molecule has 3 rings (SSSR count). The van der Waals surface area contributed by atoms with Crippen molar-refractivity contribution in [2.45, 2.75) is 64.1 Å². The Bertz CT molecular complexity index is 722. The number of carbonyl (C=O) groups is 2. The van der Waals surface area contributed by atoms with Gasteiger partial charge in [-0.3, -0.25) is 4.79 Å². The molecule has 2 atom stereocenters. The summed E-state index contributed by atoms with van der Waals surface area (Å²) in [4.78, 5) is 25.7. The molecular weight excluding hydrogens is 374 g/mol. The second-order valence-electron chi connectivity index (χ2n) is 8.84. The van der Waals surface area contributed by atoms with Gasteiger partial charge >= 0.3 is 12.1 Å². The number of benzene rings is 1. The maximum absolute atomic E-state index is 12.4. The van der Waals surface area contributed by atoms with Crippen LogP contribution in [0.15, 0.2) is 24.3 Å². The number of carboxylic acids is 1. The first-order valence-corrected chi connectivity index (χ1v) is 10.3. The summed E-state index contributed by atoms with van der Waals surface area (Å²) in [7, 11) is 0. The van der Waals surface area contributed by atoms with Crippen LogP contribution in [0.2, 0.25) is 0 Å². The largest absolute Gasteiger partial charge is 0.481 e. The average molecular weight is 405 g/mol. The molecule has 29 heavy (non-hydrogen) atoms. The predicted molar refractivity (Wildman–Crippen MR) is 107 cm³/mol. The molecule has 1 saturated carbocycles. The van der Waals surface area contributed by atoms with Crippen molar-refractivity contribution in [3.05, 3.63) is 29.8 Å². The van der Waals surface area contributed by atoms with Crippen LogP contribution in [0.3, 0.4) is 0 Å². The smallest absolute Gasteiger partial charge is 0.410 e. The van der Waals surface area contributed by atoms with Crippen LogP contribution in [-0.4, -0.2) is 53.7 Å². The fourth-order valence-corrected chi connectivity index (χ4v) is 3.96. The van der Waals surface area contributed by atoms with Gasteiger partial charge in [-0.1, -0.05) is 25.0 Å². The standard InChI is InChI=1S/C22H31NO6/c1-22(2,3)29-21(26)23-12-18(19(13-23)20(24)25)15-7-6-10-17(11-15)28-14-27-16-8-4-5-9-16/h6-7,10-11,16,18-19H,4-5,8-9,12-14H2,1-3H3,(H,24,25). The van der Waals surface area contributed by atoms with Crippen LogP contribution in [-0.2, 0) is 14.3 Å². The Balaban J connectivity index is 1.65. The van der Waals surface area contributed by atoms with E-state index in [1.54, 1.807) is 20.8 Å². The van der Waals surface area contributed by atoms with E-state index in [0.717, 1.165) is 18.4 Å². The van der Waals surface area contributed by atoms with E-state index in [1.165, 1.54) is 17.7 Å². The summed E-state index contributed by atoms with van der Waals surface area (Å²) in [5, 5.41) is 9.68. The van der Waals surface area contributed by atoms with E-state index in [-0.39, 0.29) is 25.4 Å². The monoisotopic (exact) mass is 405 g/mol. The van der Waals surface area contributed by atoms with Gasteiger partial charge in [0.25, 0.3) is 0 Å². The number of likely N-dealkylation sites (tertiary alicyclic amines) is 1. The highest BCUT2D eigenvalue weighted by Gasteiger charge is 2.41. The Morgan fingerprint density at radius 2 is 1.90 bits per heavy atom. The van der Waals surface area contributed by atoms with Gasteiger partial charge in [-0.15, -0.1) is 0 Å². The van der Waals surface area contributed by atoms with Crippen molar-refractivity contribution < 1.29 is 28.9 Å². The first-order valence-electron chi connectivity index (χ1n) is 10.3. The summed E-state index contributed by atoms with van der Waals surface area (Å²) in [5.74, 6) is -1.29. The summed E-state index contributed by atoms with van der Waals surface area (Å²) >= 11 is 0. The molecule has 1 heterocycles. The van der Waals surface area contributed by atoms with Gasteiger partial charge < -0.3 is 24.2 Å². The van der Waals surface area contributed by atoms with Gasteiger partial charge in [0.15, 0.2) is 6.79 Å². The molecule has 0 aromatic heterocycles. The molecule has 1 aliphatic heterocycles. The quantitative estimate of drug-likeness (QED) is 0.720. The van der Waals surface area contributed by atoms with Gasteiger partial charge in [0.05, 0.1) is 12.0 Å². The lowest BCUT2D eigenvalue weighted by Crippen LogP contribution is -2.35. The van der Waals surface area contributed by atoms with Crippen LogP contribution in [0.25, 0.3) is 0 Å². The van der Waals surface area contributed by atoms with Gasteiger partial charge in [0, 0.05) is 19.0 Å². The minimum Gasteiger partial charge on any atom is -0.481 e. The Morgan fingerprint density at radius 1 is 1.17 bits per heavy atom. The average Bonchev–Trinajstić information content (AvgIpc) is 3.30. The molecule has 1 aliphatic carbocycles. The van der Waals surface area contributed by atoms with Gasteiger partial charge in [-0.2, -0.15) is 0 Å². The SMILES string of the molecule is CC(C)(C)OC(=O)N1CC(C(=O)O)C(c2cccc(OCOC3CCCC3)c2)C1. The van der Waals surface area contributed by atoms with Crippen LogP contribution in [0, 0.1) is 5.92 Å².